The molecule has 5 rings (SSSR count). The summed E-state index contributed by atoms with van der Waals surface area (Å²) >= 11 is 0. The number of benzene rings is 2. The van der Waals surface area contributed by atoms with Crippen molar-refractivity contribution in [3.63, 3.8) is 0 Å². The Morgan fingerprint density at radius 2 is 1.70 bits per heavy atom. The number of hydrogen-bond acceptors (Lipinski definition) is 6. The standard InChI is InChI=1S/C29H28FN5O2/c30-25-17-33-29(34-24-12-9-20(10-13-24)28(31)36)35-27(25)22-8-4-7-21(15-22)23-11-14-26(32-16-23)37-18-19-5-2-1-3-6-19/h1-8,11,14-17,20,24H,9-10,12-13,18H2,(H2,31,36)(H,33,34,35)/t20-,24-. The largest absolute Gasteiger partial charge is 0.473 e. The Hall–Kier alpha value is -4.33. The molecule has 0 atom stereocenters. The number of hydrogen-bond donors (Lipinski definition) is 2. The van der Waals surface area contributed by atoms with Gasteiger partial charge < -0.3 is 15.8 Å². The fraction of sp³-hybridized carbons (Fsp3) is 0.241. The van der Waals surface area contributed by atoms with Crippen molar-refractivity contribution in [3.8, 4) is 28.3 Å². The fourth-order valence-electron chi connectivity index (χ4n) is 4.56. The first kappa shape index (κ1) is 24.4. The molecule has 2 aromatic carbocycles. The van der Waals surface area contributed by atoms with Crippen molar-refractivity contribution in [2.45, 2.75) is 38.3 Å². The van der Waals surface area contributed by atoms with Gasteiger partial charge in [0.15, 0.2) is 5.82 Å². The summed E-state index contributed by atoms with van der Waals surface area (Å²) in [6, 6.07) is 21.3. The third kappa shape index (κ3) is 6.09. The number of carbonyl (C=O) groups excluding carboxylic acids is 1. The van der Waals surface area contributed by atoms with Gasteiger partial charge in [-0.3, -0.25) is 4.79 Å². The smallest absolute Gasteiger partial charge is 0.223 e. The summed E-state index contributed by atoms with van der Waals surface area (Å²) in [4.78, 5) is 24.4. The predicted octanol–water partition coefficient (Wildman–Crippen LogP) is 5.38. The number of pyridine rings is 1. The average Bonchev–Trinajstić information content (AvgIpc) is 2.94. The molecule has 7 nitrogen and oxygen atoms in total. The Labute approximate surface area is 215 Å². The maximum atomic E-state index is 14.8. The average molecular weight is 498 g/mol. The predicted molar refractivity (Wildman–Crippen MR) is 140 cm³/mol. The van der Waals surface area contributed by atoms with Gasteiger partial charge in [0.25, 0.3) is 0 Å². The maximum absolute atomic E-state index is 14.8. The molecule has 0 radical (unpaired) electrons. The first-order valence-corrected chi connectivity index (χ1v) is 12.4. The monoisotopic (exact) mass is 497 g/mol. The van der Waals surface area contributed by atoms with Gasteiger partial charge in [0.1, 0.15) is 12.3 Å². The number of halogens is 1. The molecule has 8 heteroatoms. The van der Waals surface area contributed by atoms with E-state index in [-0.39, 0.29) is 23.6 Å². The van der Waals surface area contributed by atoms with Gasteiger partial charge in [-0.15, -0.1) is 0 Å². The quantitative estimate of drug-likeness (QED) is 0.339. The first-order valence-electron chi connectivity index (χ1n) is 12.4. The summed E-state index contributed by atoms with van der Waals surface area (Å²) in [7, 11) is 0. The van der Waals surface area contributed by atoms with Crippen LogP contribution in [0.5, 0.6) is 5.88 Å². The molecule has 1 fully saturated rings. The van der Waals surface area contributed by atoms with E-state index >= 15 is 0 Å². The molecule has 0 aliphatic heterocycles. The maximum Gasteiger partial charge on any atom is 0.223 e. The molecule has 0 saturated heterocycles. The molecule has 1 saturated carbocycles. The van der Waals surface area contributed by atoms with Crippen molar-refractivity contribution in [2.24, 2.45) is 11.7 Å². The van der Waals surface area contributed by atoms with E-state index in [0.29, 0.717) is 24.0 Å². The van der Waals surface area contributed by atoms with Crippen molar-refractivity contribution in [3.05, 3.63) is 90.5 Å². The number of aromatic nitrogens is 3. The fourth-order valence-corrected chi connectivity index (χ4v) is 4.56. The van der Waals surface area contributed by atoms with Crippen LogP contribution in [0.25, 0.3) is 22.4 Å². The van der Waals surface area contributed by atoms with Gasteiger partial charge in [0, 0.05) is 35.3 Å². The highest BCUT2D eigenvalue weighted by atomic mass is 19.1. The number of nitrogens with zero attached hydrogens (tertiary/aromatic N) is 3. The first-order chi connectivity index (χ1) is 18.0. The summed E-state index contributed by atoms with van der Waals surface area (Å²) in [6.07, 6.45) is 5.97. The van der Waals surface area contributed by atoms with E-state index in [1.807, 2.05) is 66.7 Å². The molecule has 188 valence electrons. The van der Waals surface area contributed by atoms with Gasteiger partial charge in [0.05, 0.1) is 6.20 Å². The van der Waals surface area contributed by atoms with Crippen LogP contribution >= 0.6 is 0 Å². The molecule has 1 aliphatic rings. The van der Waals surface area contributed by atoms with E-state index in [1.165, 1.54) is 6.20 Å². The van der Waals surface area contributed by atoms with Crippen LogP contribution < -0.4 is 15.8 Å². The number of amides is 1. The molecule has 0 bridgehead atoms. The second-order valence-electron chi connectivity index (χ2n) is 9.23. The Bertz CT molecular complexity index is 1360. The normalized spacial score (nSPS) is 17.2. The molecule has 0 unspecified atom stereocenters. The van der Waals surface area contributed by atoms with Crippen molar-refractivity contribution < 1.29 is 13.9 Å². The number of carbonyl (C=O) groups is 1. The summed E-state index contributed by atoms with van der Waals surface area (Å²) in [6.45, 7) is 0.443. The van der Waals surface area contributed by atoms with Crippen molar-refractivity contribution in [1.29, 1.82) is 0 Å². The summed E-state index contributed by atoms with van der Waals surface area (Å²) in [5, 5.41) is 3.29. The Morgan fingerprint density at radius 3 is 2.43 bits per heavy atom. The van der Waals surface area contributed by atoms with Crippen LogP contribution in [0.4, 0.5) is 10.3 Å². The van der Waals surface area contributed by atoms with Crippen LogP contribution in [0.1, 0.15) is 31.2 Å². The molecular formula is C29H28FN5O2. The van der Waals surface area contributed by atoms with Crippen LogP contribution in [-0.4, -0.2) is 26.9 Å². The molecule has 2 heterocycles. The van der Waals surface area contributed by atoms with Crippen molar-refractivity contribution in [1.82, 2.24) is 15.0 Å². The van der Waals surface area contributed by atoms with E-state index in [9.17, 15) is 9.18 Å². The lowest BCUT2D eigenvalue weighted by Crippen LogP contribution is -2.32. The molecule has 2 aromatic heterocycles. The van der Waals surface area contributed by atoms with Gasteiger partial charge in [-0.05, 0) is 48.9 Å². The lowest BCUT2D eigenvalue weighted by Gasteiger charge is -2.27. The summed E-state index contributed by atoms with van der Waals surface area (Å²) in [5.41, 5.74) is 9.13. The highest BCUT2D eigenvalue weighted by molar-refractivity contribution is 5.76. The van der Waals surface area contributed by atoms with Gasteiger partial charge in [0.2, 0.25) is 17.7 Å². The zero-order valence-electron chi connectivity index (χ0n) is 20.3. The number of rotatable bonds is 8. The third-order valence-electron chi connectivity index (χ3n) is 6.64. The zero-order chi connectivity index (χ0) is 25.6. The Kier molecular flexibility index (Phi) is 7.35. The van der Waals surface area contributed by atoms with Gasteiger partial charge in [-0.2, -0.15) is 0 Å². The highest BCUT2D eigenvalue weighted by Crippen LogP contribution is 2.29. The van der Waals surface area contributed by atoms with E-state index in [0.717, 1.165) is 42.4 Å². The van der Waals surface area contributed by atoms with Crippen LogP contribution in [0.2, 0.25) is 0 Å². The topological polar surface area (TPSA) is 103 Å². The minimum Gasteiger partial charge on any atom is -0.473 e. The van der Waals surface area contributed by atoms with Gasteiger partial charge in [-0.1, -0.05) is 48.5 Å². The minimum absolute atomic E-state index is 0.0792. The molecule has 0 spiro atoms. The van der Waals surface area contributed by atoms with Crippen LogP contribution in [0.3, 0.4) is 0 Å². The molecule has 1 aliphatic carbocycles. The van der Waals surface area contributed by atoms with Crippen molar-refractivity contribution >= 4 is 11.9 Å². The number of primary amides is 1. The van der Waals surface area contributed by atoms with E-state index in [2.05, 4.69) is 20.3 Å². The lowest BCUT2D eigenvalue weighted by atomic mass is 9.86. The second-order valence-corrected chi connectivity index (χ2v) is 9.23. The van der Waals surface area contributed by atoms with Crippen LogP contribution in [0.15, 0.2) is 79.1 Å². The molecule has 1 amide bonds. The number of nitrogens with two attached hydrogens (primary N) is 1. The number of ether oxygens (including phenoxy) is 1. The molecule has 4 aromatic rings. The van der Waals surface area contributed by atoms with Gasteiger partial charge in [-0.25, -0.2) is 19.3 Å². The molecular weight excluding hydrogens is 469 g/mol. The lowest BCUT2D eigenvalue weighted by molar-refractivity contribution is -0.122. The molecule has 3 N–H and O–H groups in total. The number of nitrogens with one attached hydrogen (secondary N) is 1. The van der Waals surface area contributed by atoms with Gasteiger partial charge >= 0.3 is 0 Å². The van der Waals surface area contributed by atoms with E-state index in [4.69, 9.17) is 10.5 Å². The molecule has 37 heavy (non-hydrogen) atoms. The summed E-state index contributed by atoms with van der Waals surface area (Å²) in [5.74, 6) is 0.0766. The summed E-state index contributed by atoms with van der Waals surface area (Å²) < 4.78 is 20.5. The Morgan fingerprint density at radius 1 is 0.919 bits per heavy atom. The highest BCUT2D eigenvalue weighted by Gasteiger charge is 2.25. The minimum atomic E-state index is -0.497. The van der Waals surface area contributed by atoms with Crippen LogP contribution in [-0.2, 0) is 11.4 Å². The van der Waals surface area contributed by atoms with E-state index < -0.39 is 5.82 Å². The third-order valence-corrected chi connectivity index (χ3v) is 6.64. The van der Waals surface area contributed by atoms with Crippen LogP contribution in [0, 0.1) is 11.7 Å². The van der Waals surface area contributed by atoms with Crippen molar-refractivity contribution in [2.75, 3.05) is 5.32 Å². The SMILES string of the molecule is NC(=O)[C@H]1CC[C@H](Nc2ncc(F)c(-c3cccc(-c4ccc(OCc5ccccc5)nc4)c3)n2)CC1. The number of anilines is 1. The van der Waals surface area contributed by atoms with E-state index in [1.54, 1.807) is 6.20 Å². The Balaban J connectivity index is 1.28. The second kappa shape index (κ2) is 11.2. The zero-order valence-corrected chi connectivity index (χ0v) is 20.3.